The van der Waals surface area contributed by atoms with Gasteiger partial charge in [-0.2, -0.15) is 0 Å². The molecule has 0 aromatic heterocycles. The molecule has 6 rings (SSSR count). The fourth-order valence-corrected chi connectivity index (χ4v) is 6.34. The van der Waals surface area contributed by atoms with Crippen molar-refractivity contribution in [2.75, 3.05) is 0 Å². The summed E-state index contributed by atoms with van der Waals surface area (Å²) in [5, 5.41) is 0. The molecular weight excluding hydrogens is 376 g/mol. The molecule has 2 aromatic carbocycles. The van der Waals surface area contributed by atoms with Gasteiger partial charge in [0.25, 0.3) is 0 Å². The summed E-state index contributed by atoms with van der Waals surface area (Å²) in [5.74, 6) is 0.549. The minimum Gasteiger partial charge on any atom is -0.294 e. The van der Waals surface area contributed by atoms with Gasteiger partial charge in [0.1, 0.15) is 0 Å². The number of ketones is 1. The van der Waals surface area contributed by atoms with Crippen molar-refractivity contribution in [3.05, 3.63) is 74.3 Å². The Morgan fingerprint density at radius 2 is 1.26 bits per heavy atom. The molecule has 0 heterocycles. The molecule has 0 radical (unpaired) electrons. The molecule has 0 saturated carbocycles. The van der Waals surface area contributed by atoms with Crippen LogP contribution >= 0.6 is 0 Å². The standard InChI is InChI=1S/C15H18O.C15H18/c1-9-4-10-5-11-7-15(2,3)8-12(11)6-13(10)14(9)16;1-10-4-11-6-13-8-15(2,3)9-14(13)7-12(11)5-10/h5-6,9H,4,7-8H2,1-3H3;4,6-7H,5,8-9H2,1-3H3. The van der Waals surface area contributed by atoms with E-state index in [2.05, 4.69) is 65.0 Å². The lowest BCUT2D eigenvalue weighted by Crippen LogP contribution is -2.09. The number of hydrogen-bond donors (Lipinski definition) is 0. The lowest BCUT2D eigenvalue weighted by molar-refractivity contribution is 0.0946. The number of Topliss-reactive ketones (excluding diaryl/α,β-unsaturated/α-hetero) is 1. The summed E-state index contributed by atoms with van der Waals surface area (Å²) in [4.78, 5) is 12.0. The number of benzene rings is 2. The molecule has 1 heteroatoms. The van der Waals surface area contributed by atoms with Crippen LogP contribution in [0.2, 0.25) is 0 Å². The molecule has 0 fully saturated rings. The van der Waals surface area contributed by atoms with Crippen molar-refractivity contribution in [3.63, 3.8) is 0 Å². The molecule has 0 saturated heterocycles. The van der Waals surface area contributed by atoms with E-state index in [0.717, 1.165) is 24.8 Å². The van der Waals surface area contributed by atoms with E-state index in [0.29, 0.717) is 16.6 Å². The second-order valence-electron chi connectivity index (χ2n) is 12.3. The van der Waals surface area contributed by atoms with E-state index in [9.17, 15) is 4.79 Å². The molecule has 4 aliphatic rings. The molecule has 4 aliphatic carbocycles. The molecule has 1 unspecified atom stereocenters. The van der Waals surface area contributed by atoms with Crippen LogP contribution in [0.3, 0.4) is 0 Å². The van der Waals surface area contributed by atoms with E-state index in [1.54, 1.807) is 16.7 Å². The molecule has 2 aromatic rings. The molecule has 0 amide bonds. The number of fused-ring (bicyclic) bond motifs is 4. The summed E-state index contributed by atoms with van der Waals surface area (Å²) in [6, 6.07) is 9.34. The third-order valence-electron chi connectivity index (χ3n) is 7.67. The van der Waals surface area contributed by atoms with Gasteiger partial charge in [-0.15, -0.1) is 0 Å². The Morgan fingerprint density at radius 1 is 0.742 bits per heavy atom. The number of carbonyl (C=O) groups excluding carboxylic acids is 1. The Labute approximate surface area is 188 Å². The lowest BCUT2D eigenvalue weighted by atomic mass is 9.90. The van der Waals surface area contributed by atoms with Crippen molar-refractivity contribution in [1.82, 2.24) is 0 Å². The monoisotopic (exact) mass is 412 g/mol. The highest BCUT2D eigenvalue weighted by atomic mass is 16.1. The van der Waals surface area contributed by atoms with Crippen LogP contribution in [0.1, 0.15) is 90.8 Å². The second kappa shape index (κ2) is 6.92. The summed E-state index contributed by atoms with van der Waals surface area (Å²) in [5.41, 5.74) is 13.8. The highest BCUT2D eigenvalue weighted by molar-refractivity contribution is 6.02. The minimum atomic E-state index is 0.200. The van der Waals surface area contributed by atoms with Crippen LogP contribution in [0.25, 0.3) is 6.08 Å². The van der Waals surface area contributed by atoms with E-state index in [1.807, 2.05) is 6.92 Å². The van der Waals surface area contributed by atoms with Gasteiger partial charge in [0.15, 0.2) is 5.78 Å². The second-order valence-corrected chi connectivity index (χ2v) is 12.3. The Hall–Kier alpha value is -2.15. The molecular formula is C30H36O. The van der Waals surface area contributed by atoms with Crippen molar-refractivity contribution in [2.45, 2.75) is 80.1 Å². The van der Waals surface area contributed by atoms with Crippen molar-refractivity contribution in [3.8, 4) is 0 Å². The van der Waals surface area contributed by atoms with Crippen molar-refractivity contribution in [2.24, 2.45) is 16.7 Å². The fourth-order valence-electron chi connectivity index (χ4n) is 6.34. The maximum Gasteiger partial charge on any atom is 0.166 e. The first kappa shape index (κ1) is 20.7. The summed E-state index contributed by atoms with van der Waals surface area (Å²) >= 11 is 0. The minimum absolute atomic E-state index is 0.200. The summed E-state index contributed by atoms with van der Waals surface area (Å²) in [6.07, 6.45) is 9.26. The number of allylic oxidation sites excluding steroid dienone is 1. The maximum absolute atomic E-state index is 12.0. The van der Waals surface area contributed by atoms with Gasteiger partial charge >= 0.3 is 0 Å². The van der Waals surface area contributed by atoms with Gasteiger partial charge in [0.05, 0.1) is 0 Å². The molecule has 0 spiro atoms. The van der Waals surface area contributed by atoms with Gasteiger partial charge in [0, 0.05) is 11.5 Å². The van der Waals surface area contributed by atoms with Crippen molar-refractivity contribution < 1.29 is 4.79 Å². The van der Waals surface area contributed by atoms with E-state index in [1.165, 1.54) is 47.1 Å². The zero-order valence-corrected chi connectivity index (χ0v) is 20.1. The fraction of sp³-hybridized carbons (Fsp3) is 0.500. The average molecular weight is 413 g/mol. The molecule has 1 atom stereocenters. The maximum atomic E-state index is 12.0. The number of hydrogen-bond acceptors (Lipinski definition) is 1. The van der Waals surface area contributed by atoms with Crippen molar-refractivity contribution in [1.29, 1.82) is 0 Å². The SMILES string of the molecule is CC1=Cc2cc3c(cc2C1)CC(C)(C)C3.CC1Cc2cc3c(cc2C1=O)CC(C)(C)C3. The predicted octanol–water partition coefficient (Wildman–Crippen LogP) is 6.96. The Balaban J connectivity index is 0.000000132. The van der Waals surface area contributed by atoms with Crippen LogP contribution in [0.15, 0.2) is 29.8 Å². The summed E-state index contributed by atoms with van der Waals surface area (Å²) in [6.45, 7) is 13.6. The molecule has 31 heavy (non-hydrogen) atoms. The highest BCUT2D eigenvalue weighted by Gasteiger charge is 2.33. The van der Waals surface area contributed by atoms with Gasteiger partial charge in [-0.05, 0) is 101 Å². The first-order valence-corrected chi connectivity index (χ1v) is 12.0. The van der Waals surface area contributed by atoms with Crippen LogP contribution in [0.4, 0.5) is 0 Å². The third-order valence-corrected chi connectivity index (χ3v) is 7.67. The zero-order valence-electron chi connectivity index (χ0n) is 20.1. The Bertz CT molecular complexity index is 1130. The van der Waals surface area contributed by atoms with Gasteiger partial charge in [-0.25, -0.2) is 0 Å². The van der Waals surface area contributed by atoms with Crippen LogP contribution in [-0.2, 0) is 38.5 Å². The first-order valence-electron chi connectivity index (χ1n) is 12.0. The van der Waals surface area contributed by atoms with Gasteiger partial charge < -0.3 is 0 Å². The summed E-state index contributed by atoms with van der Waals surface area (Å²) in [7, 11) is 0. The molecule has 0 bridgehead atoms. The van der Waals surface area contributed by atoms with E-state index in [4.69, 9.17) is 0 Å². The first-order chi connectivity index (χ1) is 14.5. The zero-order chi connectivity index (χ0) is 22.1. The van der Waals surface area contributed by atoms with E-state index in [-0.39, 0.29) is 5.92 Å². The van der Waals surface area contributed by atoms with Crippen LogP contribution in [0, 0.1) is 16.7 Å². The molecule has 0 N–H and O–H groups in total. The normalized spacial score (nSPS) is 23.5. The predicted molar refractivity (Wildman–Crippen MR) is 130 cm³/mol. The van der Waals surface area contributed by atoms with Crippen LogP contribution in [-0.4, -0.2) is 5.78 Å². The van der Waals surface area contributed by atoms with Crippen LogP contribution in [0.5, 0.6) is 0 Å². The van der Waals surface area contributed by atoms with E-state index >= 15 is 0 Å². The van der Waals surface area contributed by atoms with Crippen molar-refractivity contribution >= 4 is 11.9 Å². The third kappa shape index (κ3) is 3.81. The van der Waals surface area contributed by atoms with Gasteiger partial charge in [-0.3, -0.25) is 4.79 Å². The Morgan fingerprint density at radius 3 is 1.87 bits per heavy atom. The molecule has 0 aliphatic heterocycles. The number of carbonyl (C=O) groups is 1. The largest absolute Gasteiger partial charge is 0.294 e. The van der Waals surface area contributed by atoms with Gasteiger partial charge in [0.2, 0.25) is 0 Å². The molecule has 1 nitrogen and oxygen atoms in total. The number of rotatable bonds is 0. The van der Waals surface area contributed by atoms with Gasteiger partial charge in [-0.1, -0.05) is 64.5 Å². The topological polar surface area (TPSA) is 17.1 Å². The lowest BCUT2D eigenvalue weighted by Gasteiger charge is -2.14. The quantitative estimate of drug-likeness (QED) is 0.457. The smallest absolute Gasteiger partial charge is 0.166 e. The van der Waals surface area contributed by atoms with Crippen LogP contribution < -0.4 is 0 Å². The Kier molecular flexibility index (Phi) is 4.63. The molecule has 162 valence electrons. The highest BCUT2D eigenvalue weighted by Crippen LogP contribution is 2.40. The average Bonchev–Trinajstić information content (AvgIpc) is 3.32. The van der Waals surface area contributed by atoms with E-state index < -0.39 is 0 Å². The summed E-state index contributed by atoms with van der Waals surface area (Å²) < 4.78 is 0.